The number of hydrogen-bond donors (Lipinski definition) is 0. The van der Waals surface area contributed by atoms with Crippen LogP contribution in [0.5, 0.6) is 5.75 Å². The molecule has 140 valence electrons. The van der Waals surface area contributed by atoms with Crippen molar-refractivity contribution in [2.75, 3.05) is 39.5 Å². The van der Waals surface area contributed by atoms with Crippen molar-refractivity contribution in [3.63, 3.8) is 0 Å². The lowest BCUT2D eigenvalue weighted by atomic mass is 10.1. The van der Waals surface area contributed by atoms with Gasteiger partial charge in [-0.05, 0) is 45.4 Å². The Morgan fingerprint density at radius 1 is 1.24 bits per heavy atom. The minimum atomic E-state index is 0.0946. The van der Waals surface area contributed by atoms with E-state index in [9.17, 15) is 4.79 Å². The standard InChI is InChI=1S/C20H32N2O3/c1-5-18-15-21(10-11-22(18)16(3)4)20(23)17-8-7-9-19(14-17)25-13-12-24-6-2/h7-9,14,16,18H,5-6,10-13,15H2,1-4H3/t18-/m1/s1. The van der Waals surface area contributed by atoms with E-state index in [4.69, 9.17) is 9.47 Å². The third-order valence-corrected chi connectivity index (χ3v) is 4.73. The van der Waals surface area contributed by atoms with Crippen molar-refractivity contribution in [3.05, 3.63) is 29.8 Å². The van der Waals surface area contributed by atoms with Gasteiger partial charge in [0.15, 0.2) is 0 Å². The van der Waals surface area contributed by atoms with Gasteiger partial charge in [-0.3, -0.25) is 9.69 Å². The SMILES string of the molecule is CCOCCOc1cccc(C(=O)N2CCN(C(C)C)[C@H](CC)C2)c1. The summed E-state index contributed by atoms with van der Waals surface area (Å²) in [7, 11) is 0. The Hall–Kier alpha value is -1.59. The van der Waals surface area contributed by atoms with Gasteiger partial charge in [0.1, 0.15) is 12.4 Å². The fourth-order valence-corrected chi connectivity index (χ4v) is 3.36. The van der Waals surface area contributed by atoms with Gasteiger partial charge in [0.25, 0.3) is 5.91 Å². The van der Waals surface area contributed by atoms with Crippen molar-refractivity contribution in [1.29, 1.82) is 0 Å². The third-order valence-electron chi connectivity index (χ3n) is 4.73. The molecule has 1 aromatic carbocycles. The average Bonchev–Trinajstić information content (AvgIpc) is 2.64. The van der Waals surface area contributed by atoms with Gasteiger partial charge in [-0.2, -0.15) is 0 Å². The molecule has 0 aliphatic carbocycles. The second kappa shape index (κ2) is 9.78. The van der Waals surface area contributed by atoms with Gasteiger partial charge in [0.2, 0.25) is 0 Å². The zero-order valence-corrected chi connectivity index (χ0v) is 16.0. The first kappa shape index (κ1) is 19.7. The van der Waals surface area contributed by atoms with Crippen LogP contribution in [0.1, 0.15) is 44.5 Å². The molecule has 0 radical (unpaired) electrons. The monoisotopic (exact) mass is 348 g/mol. The molecule has 0 bridgehead atoms. The molecule has 1 heterocycles. The zero-order chi connectivity index (χ0) is 18.2. The van der Waals surface area contributed by atoms with E-state index in [2.05, 4.69) is 25.7 Å². The Balaban J connectivity index is 1.98. The highest BCUT2D eigenvalue weighted by Gasteiger charge is 2.30. The van der Waals surface area contributed by atoms with Gasteiger partial charge in [-0.1, -0.05) is 13.0 Å². The highest BCUT2D eigenvalue weighted by molar-refractivity contribution is 5.94. The maximum atomic E-state index is 12.9. The highest BCUT2D eigenvalue weighted by Crippen LogP contribution is 2.20. The van der Waals surface area contributed by atoms with Crippen LogP contribution in [0.4, 0.5) is 0 Å². The van der Waals surface area contributed by atoms with E-state index in [0.717, 1.165) is 31.8 Å². The van der Waals surface area contributed by atoms with Crippen molar-refractivity contribution in [2.24, 2.45) is 0 Å². The molecule has 25 heavy (non-hydrogen) atoms. The fraction of sp³-hybridized carbons (Fsp3) is 0.650. The van der Waals surface area contributed by atoms with E-state index in [1.165, 1.54) is 0 Å². The number of carbonyl (C=O) groups is 1. The Kier molecular flexibility index (Phi) is 7.72. The number of ether oxygens (including phenoxy) is 2. The molecule has 1 aromatic rings. The predicted octanol–water partition coefficient (Wildman–Crippen LogP) is 3.05. The maximum Gasteiger partial charge on any atom is 0.254 e. The van der Waals surface area contributed by atoms with Gasteiger partial charge in [-0.15, -0.1) is 0 Å². The Labute approximate surface area is 151 Å². The van der Waals surface area contributed by atoms with E-state index >= 15 is 0 Å². The summed E-state index contributed by atoms with van der Waals surface area (Å²) in [4.78, 5) is 17.4. The lowest BCUT2D eigenvalue weighted by molar-refractivity contribution is 0.0371. The first-order chi connectivity index (χ1) is 12.1. The normalized spacial score (nSPS) is 18.6. The highest BCUT2D eigenvalue weighted by atomic mass is 16.5. The van der Waals surface area contributed by atoms with E-state index in [-0.39, 0.29) is 5.91 Å². The smallest absolute Gasteiger partial charge is 0.254 e. The second-order valence-corrected chi connectivity index (χ2v) is 6.72. The van der Waals surface area contributed by atoms with Crippen LogP contribution in [-0.2, 0) is 4.74 Å². The molecule has 0 N–H and O–H groups in total. The summed E-state index contributed by atoms with van der Waals surface area (Å²) in [5.74, 6) is 0.815. The summed E-state index contributed by atoms with van der Waals surface area (Å²) in [6.45, 7) is 12.9. The lowest BCUT2D eigenvalue weighted by Gasteiger charge is -2.43. The molecule has 0 saturated carbocycles. The maximum absolute atomic E-state index is 12.9. The minimum Gasteiger partial charge on any atom is -0.491 e. The summed E-state index contributed by atoms with van der Waals surface area (Å²) in [5, 5.41) is 0. The van der Waals surface area contributed by atoms with Crippen molar-refractivity contribution in [3.8, 4) is 5.75 Å². The van der Waals surface area contributed by atoms with Gasteiger partial charge in [-0.25, -0.2) is 0 Å². The molecule has 1 saturated heterocycles. The Bertz CT molecular complexity index is 547. The fourth-order valence-electron chi connectivity index (χ4n) is 3.36. The van der Waals surface area contributed by atoms with Crippen molar-refractivity contribution in [2.45, 2.75) is 46.2 Å². The summed E-state index contributed by atoms with van der Waals surface area (Å²) in [6, 6.07) is 8.42. The summed E-state index contributed by atoms with van der Waals surface area (Å²) < 4.78 is 10.9. The number of amides is 1. The molecular weight excluding hydrogens is 316 g/mol. The molecular formula is C20H32N2O3. The van der Waals surface area contributed by atoms with Crippen molar-refractivity contribution in [1.82, 2.24) is 9.80 Å². The number of rotatable bonds is 8. The van der Waals surface area contributed by atoms with Crippen LogP contribution in [-0.4, -0.2) is 67.2 Å². The molecule has 2 rings (SSSR count). The first-order valence-corrected chi connectivity index (χ1v) is 9.42. The Morgan fingerprint density at radius 3 is 2.72 bits per heavy atom. The van der Waals surface area contributed by atoms with Crippen LogP contribution in [0, 0.1) is 0 Å². The van der Waals surface area contributed by atoms with Crippen molar-refractivity contribution < 1.29 is 14.3 Å². The quantitative estimate of drug-likeness (QED) is 0.677. The van der Waals surface area contributed by atoms with Crippen LogP contribution < -0.4 is 4.74 Å². The molecule has 5 heteroatoms. The minimum absolute atomic E-state index is 0.0946. The van der Waals surface area contributed by atoms with Gasteiger partial charge >= 0.3 is 0 Å². The Morgan fingerprint density at radius 2 is 2.04 bits per heavy atom. The van der Waals surface area contributed by atoms with E-state index in [0.29, 0.717) is 37.5 Å². The van der Waals surface area contributed by atoms with Crippen LogP contribution in [0.25, 0.3) is 0 Å². The van der Waals surface area contributed by atoms with Gasteiger partial charge in [0.05, 0.1) is 6.61 Å². The van der Waals surface area contributed by atoms with Gasteiger partial charge in [0, 0.05) is 43.9 Å². The van der Waals surface area contributed by atoms with Crippen LogP contribution in [0.2, 0.25) is 0 Å². The average molecular weight is 348 g/mol. The largest absolute Gasteiger partial charge is 0.491 e. The second-order valence-electron chi connectivity index (χ2n) is 6.72. The molecule has 1 atom stereocenters. The van der Waals surface area contributed by atoms with Crippen LogP contribution in [0.3, 0.4) is 0 Å². The first-order valence-electron chi connectivity index (χ1n) is 9.42. The van der Waals surface area contributed by atoms with E-state index < -0.39 is 0 Å². The number of benzene rings is 1. The molecule has 1 aliphatic heterocycles. The van der Waals surface area contributed by atoms with Crippen molar-refractivity contribution >= 4 is 5.91 Å². The predicted molar refractivity (Wildman–Crippen MR) is 100 cm³/mol. The number of carbonyl (C=O) groups excluding carboxylic acids is 1. The topological polar surface area (TPSA) is 42.0 Å². The zero-order valence-electron chi connectivity index (χ0n) is 16.0. The third kappa shape index (κ3) is 5.44. The molecule has 0 spiro atoms. The summed E-state index contributed by atoms with van der Waals surface area (Å²) >= 11 is 0. The number of hydrogen-bond acceptors (Lipinski definition) is 4. The van der Waals surface area contributed by atoms with Gasteiger partial charge < -0.3 is 14.4 Å². The molecule has 0 aromatic heterocycles. The summed E-state index contributed by atoms with van der Waals surface area (Å²) in [6.07, 6.45) is 1.06. The molecule has 1 aliphatic rings. The van der Waals surface area contributed by atoms with Crippen LogP contribution >= 0.6 is 0 Å². The molecule has 0 unspecified atom stereocenters. The molecule has 5 nitrogen and oxygen atoms in total. The number of nitrogens with zero attached hydrogens (tertiary/aromatic N) is 2. The van der Waals surface area contributed by atoms with E-state index in [1.807, 2.05) is 36.1 Å². The van der Waals surface area contributed by atoms with E-state index in [1.54, 1.807) is 0 Å². The summed E-state index contributed by atoms with van der Waals surface area (Å²) in [5.41, 5.74) is 0.696. The molecule has 1 fully saturated rings. The lowest BCUT2D eigenvalue weighted by Crippen LogP contribution is -2.56. The number of piperazine rings is 1. The molecule has 1 amide bonds. The van der Waals surface area contributed by atoms with Crippen LogP contribution in [0.15, 0.2) is 24.3 Å².